The van der Waals surface area contributed by atoms with Crippen LogP contribution in [-0.2, 0) is 10.0 Å². The van der Waals surface area contributed by atoms with E-state index in [2.05, 4.69) is 6.92 Å². The molecule has 2 fully saturated rings. The average Bonchev–Trinajstić information content (AvgIpc) is 2.82. The number of halogens is 3. The van der Waals surface area contributed by atoms with E-state index in [-0.39, 0.29) is 23.2 Å². The van der Waals surface area contributed by atoms with Gasteiger partial charge in [-0.05, 0) is 68.0 Å². The van der Waals surface area contributed by atoms with E-state index in [1.165, 1.54) is 24.3 Å². The first-order valence-corrected chi connectivity index (χ1v) is 13.3. The Bertz CT molecular complexity index is 1140. The molecule has 2 aliphatic heterocycles. The smallest absolute Gasteiger partial charge is 0.320 e. The molecule has 2 amide bonds. The summed E-state index contributed by atoms with van der Waals surface area (Å²) in [6, 6.07) is 7.39. The van der Waals surface area contributed by atoms with Crippen molar-refractivity contribution in [3.8, 4) is 0 Å². The van der Waals surface area contributed by atoms with Gasteiger partial charge < -0.3 is 9.80 Å². The molecule has 184 valence electrons. The predicted octanol–water partition coefficient (Wildman–Crippen LogP) is 5.13. The first kappa shape index (κ1) is 24.7. The van der Waals surface area contributed by atoms with Gasteiger partial charge in [0.25, 0.3) is 10.0 Å². The summed E-state index contributed by atoms with van der Waals surface area (Å²) in [6.45, 7) is 4.06. The van der Waals surface area contributed by atoms with Crippen molar-refractivity contribution in [3.05, 3.63) is 59.1 Å². The Balaban J connectivity index is 1.68. The summed E-state index contributed by atoms with van der Waals surface area (Å²) in [6.07, 6.45) is 2.80. The third kappa shape index (κ3) is 5.15. The van der Waals surface area contributed by atoms with Crippen LogP contribution in [-0.4, -0.2) is 56.5 Å². The molecule has 4 rings (SSSR count). The zero-order valence-electron chi connectivity index (χ0n) is 19.0. The fourth-order valence-corrected chi connectivity index (χ4v) is 6.41. The topological polar surface area (TPSA) is 60.9 Å². The van der Waals surface area contributed by atoms with Gasteiger partial charge in [0, 0.05) is 37.3 Å². The van der Waals surface area contributed by atoms with Crippen LogP contribution in [0.25, 0.3) is 0 Å². The minimum atomic E-state index is -4.27. The molecule has 0 radical (unpaired) electrons. The summed E-state index contributed by atoms with van der Waals surface area (Å²) < 4.78 is 57.3. The van der Waals surface area contributed by atoms with E-state index in [9.17, 15) is 22.0 Å². The highest BCUT2D eigenvalue weighted by atomic mass is 35.5. The third-order valence-electron chi connectivity index (χ3n) is 6.57. The van der Waals surface area contributed by atoms with Gasteiger partial charge >= 0.3 is 6.03 Å². The lowest BCUT2D eigenvalue weighted by atomic mass is 9.99. The summed E-state index contributed by atoms with van der Waals surface area (Å²) in [5.41, 5.74) is -0.374. The van der Waals surface area contributed by atoms with Gasteiger partial charge in [-0.25, -0.2) is 22.0 Å². The first-order chi connectivity index (χ1) is 16.2. The number of nitrogens with zero attached hydrogens (tertiary/aromatic N) is 3. The molecule has 2 aromatic carbocycles. The summed E-state index contributed by atoms with van der Waals surface area (Å²) >= 11 is 5.92. The second kappa shape index (κ2) is 10.1. The van der Waals surface area contributed by atoms with Crippen LogP contribution >= 0.6 is 11.6 Å². The van der Waals surface area contributed by atoms with Gasteiger partial charge in [-0.15, -0.1) is 0 Å². The number of hydrogen-bond acceptors (Lipinski definition) is 3. The summed E-state index contributed by atoms with van der Waals surface area (Å²) in [5, 5.41) is 0.354. The zero-order valence-corrected chi connectivity index (χ0v) is 20.5. The van der Waals surface area contributed by atoms with Crippen molar-refractivity contribution in [1.29, 1.82) is 0 Å². The van der Waals surface area contributed by atoms with Gasteiger partial charge in [0.2, 0.25) is 0 Å². The van der Waals surface area contributed by atoms with E-state index in [0.29, 0.717) is 43.4 Å². The summed E-state index contributed by atoms with van der Waals surface area (Å²) in [7, 11) is -4.27. The Hall–Kier alpha value is -2.39. The lowest BCUT2D eigenvalue weighted by Crippen LogP contribution is -2.55. The second-order valence-electron chi connectivity index (χ2n) is 9.04. The number of piperidine rings is 2. The van der Waals surface area contributed by atoms with Crippen molar-refractivity contribution in [2.45, 2.75) is 43.5 Å². The molecule has 34 heavy (non-hydrogen) atoms. The van der Waals surface area contributed by atoms with E-state index in [4.69, 9.17) is 11.6 Å². The van der Waals surface area contributed by atoms with Crippen LogP contribution in [0.15, 0.2) is 47.4 Å². The molecule has 0 saturated carbocycles. The number of amides is 2. The monoisotopic (exact) mass is 511 g/mol. The maximum absolute atomic E-state index is 14.9. The average molecular weight is 512 g/mol. The van der Waals surface area contributed by atoms with Gasteiger partial charge in [-0.2, -0.15) is 0 Å². The highest BCUT2D eigenvalue weighted by Gasteiger charge is 2.38. The molecule has 0 aliphatic carbocycles. The van der Waals surface area contributed by atoms with Crippen LogP contribution in [0.2, 0.25) is 5.02 Å². The highest BCUT2D eigenvalue weighted by Crippen LogP contribution is 2.33. The van der Waals surface area contributed by atoms with Crippen LogP contribution < -0.4 is 4.31 Å². The van der Waals surface area contributed by atoms with Crippen LogP contribution in [0.5, 0.6) is 0 Å². The molecule has 0 bridgehead atoms. The lowest BCUT2D eigenvalue weighted by molar-refractivity contribution is 0.123. The quantitative estimate of drug-likeness (QED) is 0.571. The van der Waals surface area contributed by atoms with E-state index in [1.807, 2.05) is 0 Å². The molecule has 0 aromatic heterocycles. The Morgan fingerprint density at radius 1 is 1.00 bits per heavy atom. The Labute approximate surface area is 204 Å². The minimum absolute atomic E-state index is 0.0889. The second-order valence-corrected chi connectivity index (χ2v) is 11.3. The minimum Gasteiger partial charge on any atom is -0.325 e. The molecule has 10 heteroatoms. The number of carbonyl (C=O) groups is 1. The van der Waals surface area contributed by atoms with Crippen molar-refractivity contribution in [3.63, 3.8) is 0 Å². The van der Waals surface area contributed by atoms with Crippen molar-refractivity contribution < 1.29 is 22.0 Å². The molecule has 2 aliphatic rings. The zero-order chi connectivity index (χ0) is 24.5. The largest absolute Gasteiger partial charge is 0.325 e. The Kier molecular flexibility index (Phi) is 7.33. The molecule has 0 N–H and O–H groups in total. The van der Waals surface area contributed by atoms with E-state index in [0.717, 1.165) is 35.3 Å². The van der Waals surface area contributed by atoms with Gasteiger partial charge in [-0.3, -0.25) is 4.31 Å². The van der Waals surface area contributed by atoms with Crippen molar-refractivity contribution >= 4 is 33.3 Å². The standard InChI is InChI=1S/C24H28ClF2N3O3S/c1-17-10-13-28(14-11-17)24(31)29-12-2-3-20(16-29)30(23-15-19(26)6-9-22(23)27)34(32,33)21-7-4-18(25)5-8-21/h4-9,15,17,20H,2-3,10-14,16H2,1H3. The fraction of sp³-hybridized carbons (Fsp3) is 0.458. The molecule has 2 aromatic rings. The van der Waals surface area contributed by atoms with Crippen LogP contribution in [0.1, 0.15) is 32.6 Å². The van der Waals surface area contributed by atoms with Gasteiger partial charge in [0.15, 0.2) is 0 Å². The normalized spacial score (nSPS) is 19.8. The third-order valence-corrected chi connectivity index (χ3v) is 8.70. The number of likely N-dealkylation sites (tertiary alicyclic amines) is 2. The van der Waals surface area contributed by atoms with Crippen LogP contribution in [0.3, 0.4) is 0 Å². The molecule has 1 atom stereocenters. The number of urea groups is 1. The number of sulfonamides is 1. The number of carbonyl (C=O) groups excluding carboxylic acids is 1. The Morgan fingerprint density at radius 3 is 2.35 bits per heavy atom. The van der Waals surface area contributed by atoms with Crippen LogP contribution in [0, 0.1) is 17.6 Å². The van der Waals surface area contributed by atoms with Gasteiger partial charge in [0.05, 0.1) is 16.6 Å². The number of rotatable bonds is 4. The van der Waals surface area contributed by atoms with Crippen molar-refractivity contribution in [2.75, 3.05) is 30.5 Å². The first-order valence-electron chi connectivity index (χ1n) is 11.5. The number of anilines is 1. The van der Waals surface area contributed by atoms with Crippen LogP contribution in [0.4, 0.5) is 19.3 Å². The predicted molar refractivity (Wildman–Crippen MR) is 127 cm³/mol. The van der Waals surface area contributed by atoms with E-state index >= 15 is 0 Å². The number of hydrogen-bond donors (Lipinski definition) is 0. The summed E-state index contributed by atoms with van der Waals surface area (Å²) in [5.74, 6) is -1.04. The molecular weight excluding hydrogens is 484 g/mol. The van der Waals surface area contributed by atoms with E-state index in [1.54, 1.807) is 9.80 Å². The maximum Gasteiger partial charge on any atom is 0.320 e. The fourth-order valence-electron chi connectivity index (χ4n) is 4.62. The molecule has 0 spiro atoms. The maximum atomic E-state index is 14.9. The van der Waals surface area contributed by atoms with E-state index < -0.39 is 27.7 Å². The SMILES string of the molecule is CC1CCN(C(=O)N2CCCC(N(c3cc(F)ccc3F)S(=O)(=O)c3ccc(Cl)cc3)C2)CC1. The molecule has 2 saturated heterocycles. The molecule has 2 heterocycles. The number of benzene rings is 2. The van der Waals surface area contributed by atoms with Gasteiger partial charge in [0.1, 0.15) is 11.6 Å². The highest BCUT2D eigenvalue weighted by molar-refractivity contribution is 7.92. The van der Waals surface area contributed by atoms with Crippen molar-refractivity contribution in [2.24, 2.45) is 5.92 Å². The molecule has 1 unspecified atom stereocenters. The van der Waals surface area contributed by atoms with Crippen molar-refractivity contribution in [1.82, 2.24) is 9.80 Å². The molecule has 6 nitrogen and oxygen atoms in total. The summed E-state index contributed by atoms with van der Waals surface area (Å²) in [4.78, 5) is 16.5. The molecular formula is C24H28ClF2N3O3S. The van der Waals surface area contributed by atoms with Gasteiger partial charge in [-0.1, -0.05) is 18.5 Å². The lowest BCUT2D eigenvalue weighted by Gasteiger charge is -2.42. The Morgan fingerprint density at radius 2 is 1.68 bits per heavy atom.